The smallest absolute Gasteiger partial charge is 0.408 e. The Morgan fingerprint density at radius 2 is 1.68 bits per heavy atom. The summed E-state index contributed by atoms with van der Waals surface area (Å²) in [7, 11) is 0. The topological polar surface area (TPSA) is 114 Å². The van der Waals surface area contributed by atoms with Gasteiger partial charge in [-0.05, 0) is 116 Å². The summed E-state index contributed by atoms with van der Waals surface area (Å²) >= 11 is 0. The van der Waals surface area contributed by atoms with Crippen molar-refractivity contribution in [1.29, 1.82) is 0 Å². The molecule has 9 atom stereocenters. The number of allylic oxidation sites excluding steroid dienone is 1. The summed E-state index contributed by atoms with van der Waals surface area (Å²) in [6, 6.07) is 8.17. The molecule has 0 bridgehead atoms. The summed E-state index contributed by atoms with van der Waals surface area (Å²) in [5.41, 5.74) is 3.03. The van der Waals surface area contributed by atoms with Crippen LogP contribution in [0, 0.1) is 46.3 Å². The molecular weight excluding hydrogens is 628 g/mol. The number of carbonyl (C=O) groups is 3. The van der Waals surface area contributed by atoms with Crippen molar-refractivity contribution >= 4 is 18.2 Å². The fourth-order valence-corrected chi connectivity index (χ4v) is 10.8. The number of carboxylic acids is 1. The van der Waals surface area contributed by atoms with Crippen molar-refractivity contribution in [3.63, 3.8) is 0 Å². The predicted octanol–water partition coefficient (Wildman–Crippen LogP) is 9.67. The Hall–Kier alpha value is -3.03. The molecule has 5 rings (SSSR count). The van der Waals surface area contributed by atoms with Crippen molar-refractivity contribution in [2.24, 2.45) is 46.3 Å². The van der Waals surface area contributed by atoms with E-state index >= 15 is 0 Å². The zero-order chi connectivity index (χ0) is 35.9. The minimum Gasteiger partial charge on any atom is -0.480 e. The molecule has 4 aliphatic rings. The second-order valence-corrected chi connectivity index (χ2v) is 17.1. The van der Waals surface area contributed by atoms with E-state index in [4.69, 9.17) is 9.47 Å². The Balaban J connectivity index is 1.03. The van der Waals surface area contributed by atoms with Crippen LogP contribution in [0.5, 0.6) is 0 Å². The van der Waals surface area contributed by atoms with Gasteiger partial charge in [-0.2, -0.15) is 0 Å². The van der Waals surface area contributed by atoms with E-state index in [1.165, 1.54) is 56.9 Å². The van der Waals surface area contributed by atoms with Crippen molar-refractivity contribution in [3.05, 3.63) is 47.5 Å². The van der Waals surface area contributed by atoms with E-state index < -0.39 is 24.2 Å². The minimum absolute atomic E-state index is 0.0717. The molecule has 3 N–H and O–H groups in total. The standard InChI is InChI=1S/C42H64N2O6/c1-28(2)12-11-13-29(3)34-19-20-35-33-18-17-31-26-32(21-23-41(31,4)36(33)22-24-42(34,35)5)50-39(47)43-25-10-9-16-37(38(45)46)44-40(48)49-27-30-14-7-6-8-15-30/h6-8,14-15,17,28-29,32-37H,9-13,16,18-27H2,1-5H3,(H,43,47)(H,44,48)(H,45,46)/t29-,32?,33?,34-,35?,36?,37?,41+,42-/m1/s1. The van der Waals surface area contributed by atoms with E-state index in [1.807, 2.05) is 30.3 Å². The van der Waals surface area contributed by atoms with Crippen LogP contribution in [0.2, 0.25) is 0 Å². The van der Waals surface area contributed by atoms with Crippen molar-refractivity contribution in [2.75, 3.05) is 6.54 Å². The van der Waals surface area contributed by atoms with Crippen molar-refractivity contribution in [3.8, 4) is 0 Å². The Kier molecular flexibility index (Phi) is 13.0. The van der Waals surface area contributed by atoms with Gasteiger partial charge < -0.3 is 25.2 Å². The van der Waals surface area contributed by atoms with Crippen LogP contribution in [0.1, 0.15) is 130 Å². The maximum atomic E-state index is 12.7. The molecule has 0 aliphatic heterocycles. The lowest BCUT2D eigenvalue weighted by Gasteiger charge is -2.58. The zero-order valence-corrected chi connectivity index (χ0v) is 31.4. The fraction of sp³-hybridized carbons (Fsp3) is 0.738. The average molecular weight is 693 g/mol. The Labute approximate surface area is 300 Å². The van der Waals surface area contributed by atoms with Crippen LogP contribution in [0.25, 0.3) is 0 Å². The summed E-state index contributed by atoms with van der Waals surface area (Å²) in [6.07, 6.45) is 16.2. The lowest BCUT2D eigenvalue weighted by atomic mass is 9.47. The third-order valence-corrected chi connectivity index (χ3v) is 13.5. The first kappa shape index (κ1) is 38.2. The highest BCUT2D eigenvalue weighted by molar-refractivity contribution is 5.79. The summed E-state index contributed by atoms with van der Waals surface area (Å²) in [6.45, 7) is 12.9. The molecule has 3 fully saturated rings. The Morgan fingerprint density at radius 3 is 2.42 bits per heavy atom. The largest absolute Gasteiger partial charge is 0.480 e. The Bertz CT molecular complexity index is 1330. The maximum Gasteiger partial charge on any atom is 0.408 e. The molecule has 4 aliphatic carbocycles. The van der Waals surface area contributed by atoms with E-state index in [9.17, 15) is 19.5 Å². The number of alkyl carbamates (subject to hydrolysis) is 2. The SMILES string of the molecule is CC(C)CCC[C@@H](C)[C@H]1CCC2C3CC=C4CC(OC(=O)NCCCCC(NC(=O)OCc5ccccc5)C(=O)O)CC[C@]4(C)C3CC[C@@]21C. The van der Waals surface area contributed by atoms with Crippen LogP contribution in [0.4, 0.5) is 9.59 Å². The van der Waals surface area contributed by atoms with Crippen LogP contribution >= 0.6 is 0 Å². The van der Waals surface area contributed by atoms with Gasteiger partial charge >= 0.3 is 18.2 Å². The number of nitrogens with one attached hydrogen (secondary N) is 2. The van der Waals surface area contributed by atoms with Crippen molar-refractivity contribution in [2.45, 2.75) is 143 Å². The lowest BCUT2D eigenvalue weighted by Crippen LogP contribution is -2.51. The van der Waals surface area contributed by atoms with Crippen LogP contribution < -0.4 is 10.6 Å². The predicted molar refractivity (Wildman–Crippen MR) is 196 cm³/mol. The number of fused-ring (bicyclic) bond motifs is 5. The number of carboxylic acid groups (broad SMARTS) is 1. The fourth-order valence-electron chi connectivity index (χ4n) is 10.8. The van der Waals surface area contributed by atoms with Crippen LogP contribution in [0.15, 0.2) is 42.0 Å². The molecule has 3 saturated carbocycles. The molecule has 0 aromatic heterocycles. The molecule has 0 heterocycles. The molecule has 2 amide bonds. The van der Waals surface area contributed by atoms with Gasteiger partial charge in [0.25, 0.3) is 0 Å². The highest BCUT2D eigenvalue weighted by Gasteiger charge is 2.59. The number of carbonyl (C=O) groups excluding carboxylic acids is 2. The summed E-state index contributed by atoms with van der Waals surface area (Å²) in [4.78, 5) is 36.6. The van der Waals surface area contributed by atoms with Crippen LogP contribution in [-0.2, 0) is 20.9 Å². The number of unbranched alkanes of at least 4 members (excludes halogenated alkanes) is 1. The molecule has 50 heavy (non-hydrogen) atoms. The number of rotatable bonds is 15. The molecule has 0 radical (unpaired) electrons. The number of amides is 2. The van der Waals surface area contributed by atoms with Crippen LogP contribution in [0.3, 0.4) is 0 Å². The number of hydrogen-bond donors (Lipinski definition) is 3. The average Bonchev–Trinajstić information content (AvgIpc) is 3.44. The highest BCUT2D eigenvalue weighted by Crippen LogP contribution is 2.67. The first-order valence-corrected chi connectivity index (χ1v) is 19.7. The normalized spacial score (nSPS) is 31.3. The Morgan fingerprint density at radius 1 is 0.900 bits per heavy atom. The number of hydrogen-bond acceptors (Lipinski definition) is 5. The van der Waals surface area contributed by atoms with Gasteiger partial charge in [0.15, 0.2) is 0 Å². The van der Waals surface area contributed by atoms with Gasteiger partial charge in [-0.25, -0.2) is 14.4 Å². The lowest BCUT2D eigenvalue weighted by molar-refractivity contribution is -0.139. The molecule has 8 heteroatoms. The number of aliphatic carboxylic acids is 1. The molecule has 1 aromatic rings. The zero-order valence-electron chi connectivity index (χ0n) is 31.4. The third kappa shape index (κ3) is 9.06. The van der Waals surface area contributed by atoms with Gasteiger partial charge in [-0.1, -0.05) is 95.9 Å². The molecule has 0 saturated heterocycles. The van der Waals surface area contributed by atoms with Crippen molar-refractivity contribution < 1.29 is 29.0 Å². The van der Waals surface area contributed by atoms with Crippen molar-refractivity contribution in [1.82, 2.24) is 10.6 Å². The molecular formula is C42H64N2O6. The second-order valence-electron chi connectivity index (χ2n) is 17.1. The second kappa shape index (κ2) is 17.0. The molecule has 1 aromatic carbocycles. The van der Waals surface area contributed by atoms with Gasteiger partial charge in [0.1, 0.15) is 18.8 Å². The molecule has 8 nitrogen and oxygen atoms in total. The number of benzene rings is 1. The van der Waals surface area contributed by atoms with Gasteiger partial charge in [-0.15, -0.1) is 0 Å². The molecule has 5 unspecified atom stereocenters. The van der Waals surface area contributed by atoms with Gasteiger partial charge in [0, 0.05) is 13.0 Å². The first-order chi connectivity index (χ1) is 23.9. The van der Waals surface area contributed by atoms with E-state index in [2.05, 4.69) is 51.3 Å². The maximum absolute atomic E-state index is 12.7. The quantitative estimate of drug-likeness (QED) is 0.125. The van der Waals surface area contributed by atoms with Gasteiger partial charge in [0.2, 0.25) is 0 Å². The van der Waals surface area contributed by atoms with E-state index in [0.29, 0.717) is 24.8 Å². The van der Waals surface area contributed by atoms with E-state index in [-0.39, 0.29) is 24.5 Å². The summed E-state index contributed by atoms with van der Waals surface area (Å²) in [5, 5.41) is 14.8. The third-order valence-electron chi connectivity index (χ3n) is 13.5. The molecule has 278 valence electrons. The highest BCUT2D eigenvalue weighted by atomic mass is 16.6. The van der Waals surface area contributed by atoms with Gasteiger partial charge in [-0.3, -0.25) is 0 Å². The van der Waals surface area contributed by atoms with E-state index in [1.54, 1.807) is 0 Å². The summed E-state index contributed by atoms with van der Waals surface area (Å²) < 4.78 is 11.1. The minimum atomic E-state index is -1.11. The van der Waals surface area contributed by atoms with Crippen LogP contribution in [-0.4, -0.2) is 42.0 Å². The van der Waals surface area contributed by atoms with Gasteiger partial charge in [0.05, 0.1) is 0 Å². The molecule has 0 spiro atoms. The first-order valence-electron chi connectivity index (χ1n) is 19.7. The monoisotopic (exact) mass is 692 g/mol. The summed E-state index contributed by atoms with van der Waals surface area (Å²) in [5.74, 6) is 3.73. The van der Waals surface area contributed by atoms with E-state index in [0.717, 1.165) is 60.3 Å². The number of ether oxygens (including phenoxy) is 2.